The molecule has 1 aliphatic rings. The van der Waals surface area contributed by atoms with Crippen LogP contribution in [-0.4, -0.2) is 24.4 Å². The van der Waals surface area contributed by atoms with E-state index in [1.807, 2.05) is 50.2 Å². The molecule has 2 amide bonds. The number of hydrogen-bond acceptors (Lipinski definition) is 2. The van der Waals surface area contributed by atoms with Gasteiger partial charge >= 0.3 is 0 Å². The zero-order chi connectivity index (χ0) is 18.0. The Hall–Kier alpha value is -2.62. The minimum absolute atomic E-state index is 0.0646. The van der Waals surface area contributed by atoms with E-state index in [9.17, 15) is 9.59 Å². The van der Waals surface area contributed by atoms with E-state index < -0.39 is 6.04 Å². The highest BCUT2D eigenvalue weighted by Gasteiger charge is 2.27. The second-order valence-corrected chi connectivity index (χ2v) is 6.74. The third kappa shape index (κ3) is 3.58. The maximum absolute atomic E-state index is 12.9. The van der Waals surface area contributed by atoms with Crippen LogP contribution in [0.2, 0.25) is 0 Å². The predicted molar refractivity (Wildman–Crippen MR) is 100.0 cm³/mol. The van der Waals surface area contributed by atoms with Gasteiger partial charge in [0, 0.05) is 17.8 Å². The molecule has 1 atom stereocenters. The molecule has 1 N–H and O–H groups in total. The summed E-state index contributed by atoms with van der Waals surface area (Å²) in [6.07, 6.45) is 1.93. The average Bonchev–Trinajstić information content (AvgIpc) is 2.60. The fourth-order valence-corrected chi connectivity index (χ4v) is 3.40. The van der Waals surface area contributed by atoms with Crippen LogP contribution in [0.25, 0.3) is 0 Å². The summed E-state index contributed by atoms with van der Waals surface area (Å²) in [4.78, 5) is 27.2. The van der Waals surface area contributed by atoms with E-state index >= 15 is 0 Å². The Balaban J connectivity index is 1.74. The van der Waals surface area contributed by atoms with Crippen LogP contribution in [-0.2, 0) is 11.2 Å². The molecule has 1 aliphatic heterocycles. The van der Waals surface area contributed by atoms with Crippen molar-refractivity contribution in [1.82, 2.24) is 5.32 Å². The van der Waals surface area contributed by atoms with Gasteiger partial charge in [-0.2, -0.15) is 0 Å². The summed E-state index contributed by atoms with van der Waals surface area (Å²) in [5, 5.41) is 2.85. The van der Waals surface area contributed by atoms with Crippen LogP contribution >= 0.6 is 0 Å². The van der Waals surface area contributed by atoms with Gasteiger partial charge in [0.25, 0.3) is 5.91 Å². The number of para-hydroxylation sites is 1. The SMILES string of the molecule is Cc1ccc(C(=O)N[C@H](C)C(=O)N2CCCc3ccccc32)c(C)c1. The third-order valence-electron chi connectivity index (χ3n) is 4.72. The molecule has 1 heterocycles. The number of anilines is 1. The number of aryl methyl sites for hydroxylation is 3. The van der Waals surface area contributed by atoms with Gasteiger partial charge in [-0.1, -0.05) is 35.9 Å². The number of nitrogens with zero attached hydrogens (tertiary/aromatic N) is 1. The van der Waals surface area contributed by atoms with E-state index in [1.165, 1.54) is 5.56 Å². The molecule has 0 fully saturated rings. The molecule has 0 unspecified atom stereocenters. The first-order chi connectivity index (χ1) is 12.0. The lowest BCUT2D eigenvalue weighted by Crippen LogP contribution is -2.48. The fourth-order valence-electron chi connectivity index (χ4n) is 3.40. The van der Waals surface area contributed by atoms with E-state index in [0.29, 0.717) is 12.1 Å². The monoisotopic (exact) mass is 336 g/mol. The molecule has 4 heteroatoms. The minimum Gasteiger partial charge on any atom is -0.340 e. The van der Waals surface area contributed by atoms with Gasteiger partial charge < -0.3 is 10.2 Å². The molecule has 0 aliphatic carbocycles. The van der Waals surface area contributed by atoms with Crippen molar-refractivity contribution < 1.29 is 9.59 Å². The molecule has 2 aromatic rings. The number of hydrogen-bond donors (Lipinski definition) is 1. The Labute approximate surface area is 148 Å². The summed E-state index contributed by atoms with van der Waals surface area (Å²) in [5.74, 6) is -0.270. The van der Waals surface area contributed by atoms with Crippen molar-refractivity contribution in [1.29, 1.82) is 0 Å². The maximum Gasteiger partial charge on any atom is 0.252 e. The summed E-state index contributed by atoms with van der Waals surface area (Å²) in [5.41, 5.74) is 4.80. The molecule has 0 radical (unpaired) electrons. The predicted octanol–water partition coefficient (Wildman–Crippen LogP) is 3.40. The van der Waals surface area contributed by atoms with Crippen molar-refractivity contribution in [3.8, 4) is 0 Å². The molecule has 0 spiro atoms. The number of carbonyl (C=O) groups excluding carboxylic acids is 2. The van der Waals surface area contributed by atoms with Crippen molar-refractivity contribution in [3.63, 3.8) is 0 Å². The Kier molecular flexibility index (Phi) is 4.88. The van der Waals surface area contributed by atoms with Gasteiger partial charge in [-0.05, 0) is 56.9 Å². The Morgan fingerprint density at radius 3 is 2.64 bits per heavy atom. The lowest BCUT2D eigenvalue weighted by Gasteiger charge is -2.31. The number of nitrogens with one attached hydrogen (secondary N) is 1. The van der Waals surface area contributed by atoms with Crippen molar-refractivity contribution in [2.75, 3.05) is 11.4 Å². The Morgan fingerprint density at radius 2 is 1.88 bits per heavy atom. The van der Waals surface area contributed by atoms with E-state index in [1.54, 1.807) is 11.8 Å². The Bertz CT molecular complexity index is 813. The van der Waals surface area contributed by atoms with E-state index in [0.717, 1.165) is 29.7 Å². The number of rotatable bonds is 3. The summed E-state index contributed by atoms with van der Waals surface area (Å²) in [6.45, 7) is 6.35. The van der Waals surface area contributed by atoms with Crippen molar-refractivity contribution in [2.45, 2.75) is 39.7 Å². The highest BCUT2D eigenvalue weighted by Crippen LogP contribution is 2.27. The molecule has 2 aromatic carbocycles. The molecule has 3 rings (SSSR count). The topological polar surface area (TPSA) is 49.4 Å². The molecular weight excluding hydrogens is 312 g/mol. The molecule has 0 aromatic heterocycles. The number of amides is 2. The van der Waals surface area contributed by atoms with Gasteiger partial charge in [0.2, 0.25) is 5.91 Å². The molecular formula is C21H24N2O2. The largest absolute Gasteiger partial charge is 0.340 e. The fraction of sp³-hybridized carbons (Fsp3) is 0.333. The zero-order valence-electron chi connectivity index (χ0n) is 15.0. The first-order valence-corrected chi connectivity index (χ1v) is 8.75. The quantitative estimate of drug-likeness (QED) is 0.934. The summed E-state index contributed by atoms with van der Waals surface area (Å²) < 4.78 is 0. The smallest absolute Gasteiger partial charge is 0.252 e. The second-order valence-electron chi connectivity index (χ2n) is 6.74. The van der Waals surface area contributed by atoms with Gasteiger partial charge in [-0.3, -0.25) is 9.59 Å². The van der Waals surface area contributed by atoms with Crippen LogP contribution in [0.15, 0.2) is 42.5 Å². The molecule has 4 nitrogen and oxygen atoms in total. The van der Waals surface area contributed by atoms with E-state index in [2.05, 4.69) is 11.4 Å². The first kappa shape index (κ1) is 17.2. The van der Waals surface area contributed by atoms with Crippen LogP contribution in [0.1, 0.15) is 40.4 Å². The summed E-state index contributed by atoms with van der Waals surface area (Å²) >= 11 is 0. The van der Waals surface area contributed by atoms with Gasteiger partial charge in [-0.15, -0.1) is 0 Å². The number of fused-ring (bicyclic) bond motifs is 1. The highest BCUT2D eigenvalue weighted by atomic mass is 16.2. The first-order valence-electron chi connectivity index (χ1n) is 8.75. The average molecular weight is 336 g/mol. The summed E-state index contributed by atoms with van der Waals surface area (Å²) in [7, 11) is 0. The normalized spacial score (nSPS) is 14.6. The minimum atomic E-state index is -0.570. The van der Waals surface area contributed by atoms with Crippen LogP contribution in [0.4, 0.5) is 5.69 Å². The maximum atomic E-state index is 12.9. The van der Waals surface area contributed by atoms with Crippen LogP contribution in [0, 0.1) is 13.8 Å². The third-order valence-corrected chi connectivity index (χ3v) is 4.72. The standard InChI is InChI=1S/C21H24N2O2/c1-14-10-11-18(15(2)13-14)20(24)22-16(3)21(25)23-12-6-8-17-7-4-5-9-19(17)23/h4-5,7,9-11,13,16H,6,8,12H2,1-3H3,(H,22,24)/t16-/m1/s1. The van der Waals surface area contributed by atoms with Crippen LogP contribution in [0.3, 0.4) is 0 Å². The molecule has 0 saturated carbocycles. The van der Waals surface area contributed by atoms with Crippen molar-refractivity contribution >= 4 is 17.5 Å². The molecule has 0 bridgehead atoms. The van der Waals surface area contributed by atoms with Gasteiger partial charge in [0.15, 0.2) is 0 Å². The lowest BCUT2D eigenvalue weighted by molar-refractivity contribution is -0.120. The molecule has 0 saturated heterocycles. The zero-order valence-corrected chi connectivity index (χ0v) is 15.0. The summed E-state index contributed by atoms with van der Waals surface area (Å²) in [6, 6.07) is 13.1. The Morgan fingerprint density at radius 1 is 1.12 bits per heavy atom. The highest BCUT2D eigenvalue weighted by molar-refractivity contribution is 6.03. The van der Waals surface area contributed by atoms with E-state index in [-0.39, 0.29) is 11.8 Å². The van der Waals surface area contributed by atoms with Crippen LogP contribution < -0.4 is 10.2 Å². The van der Waals surface area contributed by atoms with Crippen LogP contribution in [0.5, 0.6) is 0 Å². The molecule has 25 heavy (non-hydrogen) atoms. The lowest BCUT2D eigenvalue weighted by atomic mass is 10.0. The van der Waals surface area contributed by atoms with Gasteiger partial charge in [-0.25, -0.2) is 0 Å². The van der Waals surface area contributed by atoms with Gasteiger partial charge in [0.05, 0.1) is 0 Å². The van der Waals surface area contributed by atoms with Gasteiger partial charge in [0.1, 0.15) is 6.04 Å². The number of benzene rings is 2. The number of carbonyl (C=O) groups is 2. The second kappa shape index (κ2) is 7.09. The molecule has 130 valence electrons. The van der Waals surface area contributed by atoms with Crippen molar-refractivity contribution in [3.05, 3.63) is 64.7 Å². The van der Waals surface area contributed by atoms with E-state index in [4.69, 9.17) is 0 Å². The van der Waals surface area contributed by atoms with Crippen molar-refractivity contribution in [2.24, 2.45) is 0 Å².